The molecule has 1 aliphatic heterocycles. The zero-order valence-electron chi connectivity index (χ0n) is 13.7. The molecular formula is C14H19F3N4O3S2. The largest absolute Gasteiger partial charge is 0.573 e. The molecule has 1 aliphatic rings. The van der Waals surface area contributed by atoms with Crippen molar-refractivity contribution in [2.45, 2.75) is 6.36 Å². The van der Waals surface area contributed by atoms with Gasteiger partial charge < -0.3 is 15.8 Å². The third kappa shape index (κ3) is 6.57. The Morgan fingerprint density at radius 3 is 2.62 bits per heavy atom. The summed E-state index contributed by atoms with van der Waals surface area (Å²) in [6, 6.07) is 5.34. The Labute approximate surface area is 153 Å². The highest BCUT2D eigenvalue weighted by atomic mass is 32.2. The fraction of sp³-hybridized carbons (Fsp3) is 0.500. The van der Waals surface area contributed by atoms with E-state index in [1.165, 1.54) is 22.5 Å². The lowest BCUT2D eigenvalue weighted by molar-refractivity contribution is -0.274. The van der Waals surface area contributed by atoms with Gasteiger partial charge in [-0.1, -0.05) is 12.1 Å². The molecule has 7 nitrogen and oxygen atoms in total. The van der Waals surface area contributed by atoms with E-state index in [9.17, 15) is 21.6 Å². The van der Waals surface area contributed by atoms with Gasteiger partial charge in [0.15, 0.2) is 11.7 Å². The number of ether oxygens (including phenoxy) is 1. The third-order valence-corrected chi connectivity index (χ3v) is 6.16. The van der Waals surface area contributed by atoms with Gasteiger partial charge in [-0.05, 0) is 12.1 Å². The monoisotopic (exact) mass is 412 g/mol. The van der Waals surface area contributed by atoms with E-state index in [4.69, 9.17) is 5.73 Å². The van der Waals surface area contributed by atoms with Gasteiger partial charge in [0, 0.05) is 24.6 Å². The van der Waals surface area contributed by atoms with Crippen LogP contribution in [0.25, 0.3) is 0 Å². The van der Waals surface area contributed by atoms with Crippen molar-refractivity contribution < 1.29 is 26.3 Å². The Morgan fingerprint density at radius 1 is 1.31 bits per heavy atom. The zero-order valence-corrected chi connectivity index (χ0v) is 15.3. The molecule has 26 heavy (non-hydrogen) atoms. The normalized spacial score (nSPS) is 17.1. The summed E-state index contributed by atoms with van der Waals surface area (Å²) in [7, 11) is -3.43. The molecule has 1 aromatic rings. The van der Waals surface area contributed by atoms with Crippen LogP contribution in [0.2, 0.25) is 0 Å². The van der Waals surface area contributed by atoms with Crippen molar-refractivity contribution in [3.63, 3.8) is 0 Å². The molecule has 1 saturated heterocycles. The van der Waals surface area contributed by atoms with Gasteiger partial charge in [0.2, 0.25) is 10.0 Å². The number of halogens is 3. The molecule has 146 valence electrons. The molecule has 0 bridgehead atoms. The molecule has 3 N–H and O–H groups in total. The summed E-state index contributed by atoms with van der Waals surface area (Å²) in [4.78, 5) is 3.87. The highest BCUT2D eigenvalue weighted by molar-refractivity contribution is 7.99. The number of guanidine groups is 1. The predicted octanol–water partition coefficient (Wildman–Crippen LogP) is 1.69. The quantitative estimate of drug-likeness (QED) is 0.545. The van der Waals surface area contributed by atoms with Crippen molar-refractivity contribution in [2.24, 2.45) is 10.7 Å². The lowest BCUT2D eigenvalue weighted by Crippen LogP contribution is -2.40. The first-order valence-corrected chi connectivity index (χ1v) is 10.4. The standard InChI is InChI=1S/C14H19F3N4O3S2/c15-14(16,17)24-12-4-2-1-3-11(12)20-13(18)19-5-10-26(22,23)21-6-8-25-9-7-21/h1-4H,5-10H2,(H3,18,19,20). The minimum absolute atomic E-state index is 0.0259. The minimum Gasteiger partial charge on any atom is -0.404 e. The van der Waals surface area contributed by atoms with Crippen molar-refractivity contribution in [3.05, 3.63) is 24.3 Å². The van der Waals surface area contributed by atoms with E-state index in [1.807, 2.05) is 0 Å². The van der Waals surface area contributed by atoms with Crippen molar-refractivity contribution in [1.82, 2.24) is 4.31 Å². The van der Waals surface area contributed by atoms with E-state index in [0.29, 0.717) is 13.1 Å². The van der Waals surface area contributed by atoms with Crippen LogP contribution in [0.1, 0.15) is 0 Å². The summed E-state index contributed by atoms with van der Waals surface area (Å²) in [6.45, 7) is 0.826. The predicted molar refractivity (Wildman–Crippen MR) is 95.9 cm³/mol. The van der Waals surface area contributed by atoms with Crippen LogP contribution in [-0.2, 0) is 10.0 Å². The van der Waals surface area contributed by atoms with Crippen LogP contribution in [-0.4, -0.2) is 61.9 Å². The molecule has 0 amide bonds. The molecule has 0 aromatic heterocycles. The van der Waals surface area contributed by atoms with Crippen LogP contribution in [0, 0.1) is 0 Å². The van der Waals surface area contributed by atoms with Crippen LogP contribution >= 0.6 is 11.8 Å². The Hall–Kier alpha value is -1.66. The van der Waals surface area contributed by atoms with Crippen molar-refractivity contribution in [1.29, 1.82) is 0 Å². The van der Waals surface area contributed by atoms with E-state index in [0.717, 1.165) is 17.6 Å². The number of hydrogen-bond acceptors (Lipinski definition) is 5. The van der Waals surface area contributed by atoms with Gasteiger partial charge in [0.05, 0.1) is 18.0 Å². The van der Waals surface area contributed by atoms with Crippen LogP contribution in [0.3, 0.4) is 0 Å². The summed E-state index contributed by atoms with van der Waals surface area (Å²) in [5.74, 6) is 0.620. The highest BCUT2D eigenvalue weighted by Crippen LogP contribution is 2.29. The van der Waals surface area contributed by atoms with Crippen LogP contribution < -0.4 is 15.8 Å². The Kier molecular flexibility index (Phi) is 7.01. The summed E-state index contributed by atoms with van der Waals surface area (Å²) in [5, 5.41) is 2.49. The number of sulfonamides is 1. The van der Waals surface area contributed by atoms with Crippen molar-refractivity contribution in [2.75, 3.05) is 42.2 Å². The molecule has 0 radical (unpaired) electrons. The van der Waals surface area contributed by atoms with Crippen LogP contribution in [0.15, 0.2) is 29.3 Å². The Morgan fingerprint density at radius 2 is 1.96 bits per heavy atom. The maximum Gasteiger partial charge on any atom is 0.573 e. The van der Waals surface area contributed by atoms with E-state index in [-0.39, 0.29) is 23.9 Å². The van der Waals surface area contributed by atoms with Crippen molar-refractivity contribution in [3.8, 4) is 5.75 Å². The van der Waals surface area contributed by atoms with Crippen molar-refractivity contribution >= 4 is 33.4 Å². The summed E-state index contributed by atoms with van der Waals surface area (Å²) in [5.41, 5.74) is 5.61. The summed E-state index contributed by atoms with van der Waals surface area (Å²) < 4.78 is 66.8. The van der Waals surface area contributed by atoms with Crippen LogP contribution in [0.4, 0.5) is 18.9 Å². The van der Waals surface area contributed by atoms with E-state index in [2.05, 4.69) is 15.0 Å². The number of hydrogen-bond donors (Lipinski definition) is 2. The smallest absolute Gasteiger partial charge is 0.404 e. The zero-order chi connectivity index (χ0) is 19.2. The van der Waals surface area contributed by atoms with E-state index < -0.39 is 22.1 Å². The number of alkyl halides is 3. The van der Waals surface area contributed by atoms with E-state index >= 15 is 0 Å². The second-order valence-corrected chi connectivity index (χ2v) is 8.58. The summed E-state index contributed by atoms with van der Waals surface area (Å²) >= 11 is 1.69. The Balaban J connectivity index is 1.94. The van der Waals surface area contributed by atoms with E-state index in [1.54, 1.807) is 11.8 Å². The average molecular weight is 412 g/mol. The number of benzene rings is 1. The number of aliphatic imine (C=N–C) groups is 1. The molecule has 0 atom stereocenters. The first-order chi connectivity index (χ1) is 12.2. The number of nitrogens with two attached hydrogens (primary N) is 1. The molecule has 1 heterocycles. The van der Waals surface area contributed by atoms with Gasteiger partial charge in [-0.15, -0.1) is 13.2 Å². The molecule has 0 unspecified atom stereocenters. The molecule has 0 saturated carbocycles. The Bertz CT molecular complexity index is 735. The van der Waals surface area contributed by atoms with Gasteiger partial charge in [-0.25, -0.2) is 12.7 Å². The first kappa shape index (κ1) is 20.6. The second-order valence-electron chi connectivity index (χ2n) is 5.26. The SMILES string of the molecule is NC(=NCCS(=O)(=O)N1CCSCC1)Nc1ccccc1OC(F)(F)F. The maximum absolute atomic E-state index is 12.4. The second kappa shape index (κ2) is 8.82. The van der Waals surface area contributed by atoms with Crippen LogP contribution in [0.5, 0.6) is 5.75 Å². The molecule has 1 fully saturated rings. The molecule has 1 aromatic carbocycles. The lowest BCUT2D eigenvalue weighted by Gasteiger charge is -2.25. The topological polar surface area (TPSA) is 97.0 Å². The van der Waals surface area contributed by atoms with Gasteiger partial charge in [-0.2, -0.15) is 11.8 Å². The molecule has 2 rings (SSSR count). The number of nitrogens with one attached hydrogen (secondary N) is 1. The van der Waals surface area contributed by atoms with Gasteiger partial charge in [0.25, 0.3) is 0 Å². The van der Waals surface area contributed by atoms with Gasteiger partial charge >= 0.3 is 6.36 Å². The number of rotatable bonds is 6. The summed E-state index contributed by atoms with van der Waals surface area (Å²) in [6.07, 6.45) is -4.84. The van der Waals surface area contributed by atoms with Gasteiger partial charge in [-0.3, -0.25) is 4.99 Å². The lowest BCUT2D eigenvalue weighted by atomic mass is 10.3. The first-order valence-electron chi connectivity index (χ1n) is 7.65. The molecule has 0 aliphatic carbocycles. The highest BCUT2D eigenvalue weighted by Gasteiger charge is 2.32. The number of nitrogens with zero attached hydrogens (tertiary/aromatic N) is 2. The fourth-order valence-corrected chi connectivity index (χ4v) is 4.65. The average Bonchev–Trinajstić information content (AvgIpc) is 2.56. The number of thioether (sulfide) groups is 1. The third-order valence-electron chi connectivity index (χ3n) is 3.37. The fourth-order valence-electron chi connectivity index (χ4n) is 2.20. The molecule has 12 heteroatoms. The minimum atomic E-state index is -4.84. The number of para-hydroxylation sites is 2. The van der Waals surface area contributed by atoms with Gasteiger partial charge in [0.1, 0.15) is 0 Å². The number of anilines is 1. The maximum atomic E-state index is 12.4. The molecular weight excluding hydrogens is 393 g/mol. The molecule has 0 spiro atoms.